The summed E-state index contributed by atoms with van der Waals surface area (Å²) in [6.07, 6.45) is 0. The molecule has 0 aliphatic carbocycles. The Kier molecular flexibility index (Phi) is 7.27. The zero-order chi connectivity index (χ0) is 35.5. The summed E-state index contributed by atoms with van der Waals surface area (Å²) in [4.78, 5) is 15.5. The number of nitrogens with zero attached hydrogens (tertiary/aromatic N) is 3. The second-order valence-electron chi connectivity index (χ2n) is 14.5. The van der Waals surface area contributed by atoms with Crippen LogP contribution in [0.3, 0.4) is 0 Å². The highest BCUT2D eigenvalue weighted by Crippen LogP contribution is 2.36. The number of hydrogen-bond acceptors (Lipinski definition) is 3. The first kappa shape index (κ1) is 31.3. The molecule has 9 aromatic rings. The highest BCUT2D eigenvalue weighted by atomic mass is 28.3. The molecule has 2 heterocycles. The summed E-state index contributed by atoms with van der Waals surface area (Å²) in [5.41, 5.74) is 10.3. The van der Waals surface area contributed by atoms with E-state index in [9.17, 15) is 0 Å². The average Bonchev–Trinajstić information content (AvgIpc) is 3.46. The molecule has 1 aliphatic heterocycles. The molecule has 0 unspecified atom stereocenters. The van der Waals surface area contributed by atoms with Crippen molar-refractivity contribution in [1.82, 2.24) is 15.0 Å². The monoisotopic (exact) mass is 693 g/mol. The molecule has 0 amide bonds. The third-order valence-corrected chi connectivity index (χ3v) is 14.4. The molecule has 0 atom stereocenters. The lowest BCUT2D eigenvalue weighted by molar-refractivity contribution is 1.07. The van der Waals surface area contributed by atoms with Crippen molar-refractivity contribution in [1.29, 1.82) is 0 Å². The van der Waals surface area contributed by atoms with Gasteiger partial charge < -0.3 is 0 Å². The van der Waals surface area contributed by atoms with Crippen molar-refractivity contribution in [2.75, 3.05) is 0 Å². The first-order valence-corrected chi connectivity index (χ1v) is 21.2. The Hall–Kier alpha value is -6.49. The molecule has 10 rings (SSSR count). The number of benzene rings is 8. The van der Waals surface area contributed by atoms with E-state index in [2.05, 4.69) is 183 Å². The van der Waals surface area contributed by atoms with Gasteiger partial charge in [0.1, 0.15) is 8.07 Å². The maximum absolute atomic E-state index is 5.19. The smallest absolute Gasteiger partial charge is 0.164 e. The first-order valence-electron chi connectivity index (χ1n) is 18.2. The van der Waals surface area contributed by atoms with E-state index in [1.807, 2.05) is 6.07 Å². The quantitative estimate of drug-likeness (QED) is 0.168. The van der Waals surface area contributed by atoms with Crippen LogP contribution in [-0.2, 0) is 0 Å². The van der Waals surface area contributed by atoms with Gasteiger partial charge in [-0.2, -0.15) is 0 Å². The van der Waals surface area contributed by atoms with Crippen molar-refractivity contribution in [2.45, 2.75) is 13.1 Å². The predicted octanol–water partition coefficient (Wildman–Crippen LogP) is 11.3. The lowest BCUT2D eigenvalue weighted by Gasteiger charge is -2.19. The second-order valence-corrected chi connectivity index (χ2v) is 18.8. The van der Waals surface area contributed by atoms with Crippen LogP contribution in [0.15, 0.2) is 176 Å². The minimum absolute atomic E-state index is 0.659. The van der Waals surface area contributed by atoms with E-state index >= 15 is 0 Å². The van der Waals surface area contributed by atoms with Gasteiger partial charge in [0.15, 0.2) is 17.5 Å². The maximum Gasteiger partial charge on any atom is 0.164 e. The van der Waals surface area contributed by atoms with Crippen molar-refractivity contribution in [2.24, 2.45) is 0 Å². The lowest BCUT2D eigenvalue weighted by atomic mass is 9.97. The van der Waals surface area contributed by atoms with E-state index in [4.69, 9.17) is 15.0 Å². The van der Waals surface area contributed by atoms with E-state index < -0.39 is 8.07 Å². The SMILES string of the molecule is C[Si]1(C)c2cc(-c3nc(-c4ccc(-c5ccc6ccccc6c5)cc4)nc(-c4cccc(-c5ccccc5)c4)n3)ccc2-c2c1ccc1ccccc21. The van der Waals surface area contributed by atoms with Crippen LogP contribution < -0.4 is 10.4 Å². The Morgan fingerprint density at radius 3 is 1.66 bits per heavy atom. The van der Waals surface area contributed by atoms with Gasteiger partial charge in [-0.3, -0.25) is 0 Å². The van der Waals surface area contributed by atoms with Crippen LogP contribution >= 0.6 is 0 Å². The molecule has 0 bridgehead atoms. The van der Waals surface area contributed by atoms with E-state index in [1.54, 1.807) is 0 Å². The number of fused-ring (bicyclic) bond motifs is 6. The molecule has 8 aromatic carbocycles. The van der Waals surface area contributed by atoms with Gasteiger partial charge >= 0.3 is 0 Å². The van der Waals surface area contributed by atoms with Crippen molar-refractivity contribution in [3.8, 4) is 67.5 Å². The maximum atomic E-state index is 5.19. The molecule has 53 heavy (non-hydrogen) atoms. The molecule has 4 heteroatoms. The number of hydrogen-bond donors (Lipinski definition) is 0. The number of aromatic nitrogens is 3. The molecule has 0 spiro atoms. The van der Waals surface area contributed by atoms with Gasteiger partial charge in [-0.25, -0.2) is 15.0 Å². The fourth-order valence-corrected chi connectivity index (χ4v) is 11.1. The Balaban J connectivity index is 1.10. The minimum atomic E-state index is -1.99. The molecule has 0 radical (unpaired) electrons. The van der Waals surface area contributed by atoms with Gasteiger partial charge in [0.25, 0.3) is 0 Å². The molecule has 1 aliphatic rings. The summed E-state index contributed by atoms with van der Waals surface area (Å²) in [5.74, 6) is 2.00. The third-order valence-electron chi connectivity index (χ3n) is 10.9. The molecular weight excluding hydrogens is 659 g/mol. The van der Waals surface area contributed by atoms with Crippen LogP contribution in [0, 0.1) is 0 Å². The summed E-state index contributed by atoms with van der Waals surface area (Å²) in [6.45, 7) is 4.93. The standard InChI is InChI=1S/C49H35N3Si/c1-53(2)44-28-26-35-14-8-9-18-42(35)46(44)43-27-25-41(31-45(43)53)49-51-47(50-48(52-49)40-17-10-16-38(30-40)32-11-4-3-5-12-32)36-22-19-34(20-23-36)39-24-21-33-13-6-7-15-37(33)29-39/h3-31H,1-2H3. The fraction of sp³-hybridized carbons (Fsp3) is 0.0408. The van der Waals surface area contributed by atoms with Gasteiger partial charge in [0.2, 0.25) is 0 Å². The van der Waals surface area contributed by atoms with Crippen LogP contribution in [0.4, 0.5) is 0 Å². The Bertz CT molecular complexity index is 2860. The molecule has 0 saturated carbocycles. The highest BCUT2D eigenvalue weighted by molar-refractivity contribution is 7.04. The molecule has 1 aromatic heterocycles. The summed E-state index contributed by atoms with van der Waals surface area (Å²) in [7, 11) is -1.99. The van der Waals surface area contributed by atoms with Crippen molar-refractivity contribution >= 4 is 40.0 Å². The molecule has 0 fully saturated rings. The van der Waals surface area contributed by atoms with Crippen molar-refractivity contribution < 1.29 is 0 Å². The Labute approximate surface area is 310 Å². The predicted molar refractivity (Wildman–Crippen MR) is 224 cm³/mol. The Morgan fingerprint density at radius 1 is 0.340 bits per heavy atom. The summed E-state index contributed by atoms with van der Waals surface area (Å²) < 4.78 is 0. The summed E-state index contributed by atoms with van der Waals surface area (Å²) >= 11 is 0. The van der Waals surface area contributed by atoms with Crippen LogP contribution in [0.2, 0.25) is 13.1 Å². The summed E-state index contributed by atoms with van der Waals surface area (Å²) in [5, 5.41) is 8.00. The summed E-state index contributed by atoms with van der Waals surface area (Å²) in [6, 6.07) is 63.0. The molecule has 3 nitrogen and oxygen atoms in total. The largest absolute Gasteiger partial charge is 0.208 e. The van der Waals surface area contributed by atoms with E-state index in [1.165, 1.54) is 48.6 Å². The van der Waals surface area contributed by atoms with Crippen LogP contribution in [-0.4, -0.2) is 23.0 Å². The highest BCUT2D eigenvalue weighted by Gasteiger charge is 2.38. The van der Waals surface area contributed by atoms with E-state index in [-0.39, 0.29) is 0 Å². The van der Waals surface area contributed by atoms with Gasteiger partial charge in [-0.05, 0) is 77.4 Å². The van der Waals surface area contributed by atoms with Crippen LogP contribution in [0.5, 0.6) is 0 Å². The molecule has 0 saturated heterocycles. The van der Waals surface area contributed by atoms with Crippen LogP contribution in [0.25, 0.3) is 89.1 Å². The van der Waals surface area contributed by atoms with Gasteiger partial charge in [-0.1, -0.05) is 177 Å². The van der Waals surface area contributed by atoms with E-state index in [0.717, 1.165) is 33.4 Å². The molecule has 250 valence electrons. The normalized spacial score (nSPS) is 12.9. The lowest BCUT2D eigenvalue weighted by Crippen LogP contribution is -2.49. The fourth-order valence-electron chi connectivity index (χ4n) is 8.06. The molecule has 0 N–H and O–H groups in total. The second kappa shape index (κ2) is 12.3. The topological polar surface area (TPSA) is 38.7 Å². The zero-order valence-electron chi connectivity index (χ0n) is 29.6. The van der Waals surface area contributed by atoms with Crippen molar-refractivity contribution in [3.05, 3.63) is 176 Å². The van der Waals surface area contributed by atoms with Crippen LogP contribution in [0.1, 0.15) is 0 Å². The molecular formula is C49H35N3Si. The first-order chi connectivity index (χ1) is 26.0. The zero-order valence-corrected chi connectivity index (χ0v) is 30.6. The van der Waals surface area contributed by atoms with Gasteiger partial charge in [0.05, 0.1) is 0 Å². The minimum Gasteiger partial charge on any atom is -0.208 e. The Morgan fingerprint density at radius 2 is 0.868 bits per heavy atom. The van der Waals surface area contributed by atoms with E-state index in [0.29, 0.717) is 17.5 Å². The average molecular weight is 694 g/mol. The number of rotatable bonds is 5. The van der Waals surface area contributed by atoms with Crippen molar-refractivity contribution in [3.63, 3.8) is 0 Å². The van der Waals surface area contributed by atoms with Gasteiger partial charge in [-0.15, -0.1) is 0 Å². The van der Waals surface area contributed by atoms with Gasteiger partial charge in [0, 0.05) is 16.7 Å². The third kappa shape index (κ3) is 5.38.